The molecular weight excluding hydrogens is 455 g/mol. The van der Waals surface area contributed by atoms with Crippen LogP contribution in [-0.4, -0.2) is 37.6 Å². The zero-order valence-electron chi connectivity index (χ0n) is 18.8. The molecule has 34 heavy (non-hydrogen) atoms. The van der Waals surface area contributed by atoms with Gasteiger partial charge in [-0.1, -0.05) is 17.7 Å². The van der Waals surface area contributed by atoms with Crippen molar-refractivity contribution in [1.82, 2.24) is 24.5 Å². The summed E-state index contributed by atoms with van der Waals surface area (Å²) in [5.41, 5.74) is 2.16. The summed E-state index contributed by atoms with van der Waals surface area (Å²) in [6.07, 6.45) is 5.79. The topological polar surface area (TPSA) is 76.8 Å². The Labute approximate surface area is 200 Å². The number of aromatic nitrogens is 5. The lowest BCUT2D eigenvalue weighted by molar-refractivity contribution is 0.481. The Morgan fingerprint density at radius 3 is 2.76 bits per heavy atom. The lowest BCUT2D eigenvalue weighted by atomic mass is 9.88. The largest absolute Gasteiger partial charge is 0.340 e. The molecule has 1 aromatic carbocycles. The molecule has 2 atom stereocenters. The first-order valence-corrected chi connectivity index (χ1v) is 11.6. The zero-order valence-corrected chi connectivity index (χ0v) is 19.6. The fourth-order valence-corrected chi connectivity index (χ4v) is 5.37. The van der Waals surface area contributed by atoms with Gasteiger partial charge in [-0.05, 0) is 55.5 Å². The first-order valence-electron chi connectivity index (χ1n) is 11.2. The second-order valence-electron chi connectivity index (χ2n) is 9.21. The minimum atomic E-state index is -0.519. The second kappa shape index (κ2) is 7.56. The fourth-order valence-electron chi connectivity index (χ4n) is 5.21. The summed E-state index contributed by atoms with van der Waals surface area (Å²) >= 11 is 5.98. The Morgan fingerprint density at radius 1 is 1.18 bits per heavy atom. The highest BCUT2D eigenvalue weighted by Gasteiger charge is 2.57. The molecule has 4 aromatic rings. The normalized spacial score (nSPS) is 21.5. The monoisotopic (exact) mass is 476 g/mol. The van der Waals surface area contributed by atoms with E-state index in [4.69, 9.17) is 16.6 Å². The van der Waals surface area contributed by atoms with E-state index in [9.17, 15) is 9.18 Å². The molecule has 2 fully saturated rings. The quantitative estimate of drug-likeness (QED) is 0.444. The average molecular weight is 477 g/mol. The van der Waals surface area contributed by atoms with Gasteiger partial charge in [0.05, 0.1) is 0 Å². The minimum Gasteiger partial charge on any atom is -0.340 e. The van der Waals surface area contributed by atoms with Gasteiger partial charge < -0.3 is 4.90 Å². The smallest absolute Gasteiger partial charge is 0.279 e. The summed E-state index contributed by atoms with van der Waals surface area (Å²) in [5.74, 6) is 0.863. The number of nitrogens with zero attached hydrogens (tertiary/aromatic N) is 6. The van der Waals surface area contributed by atoms with Gasteiger partial charge in [0, 0.05) is 48.5 Å². The molecule has 1 saturated carbocycles. The van der Waals surface area contributed by atoms with Crippen LogP contribution in [0.25, 0.3) is 22.3 Å². The standard InChI is InChI=1S/C25H22ClFN6O/c1-14-29-21-20(18-6-5-17(26)10-19(18)27)30-24(31-22(21)23(34)32(14)2)33-9-7-25(11-16(25)13-33)15-4-3-8-28-12-15/h3-6,8,10,12,16H,7,9,11,13H2,1-2H3. The van der Waals surface area contributed by atoms with E-state index in [0.717, 1.165) is 25.9 Å². The van der Waals surface area contributed by atoms with Crippen molar-refractivity contribution in [2.45, 2.75) is 25.2 Å². The third kappa shape index (κ3) is 3.20. The maximum absolute atomic E-state index is 14.9. The molecule has 2 unspecified atom stereocenters. The van der Waals surface area contributed by atoms with Crippen molar-refractivity contribution in [1.29, 1.82) is 0 Å². The molecule has 0 amide bonds. The molecule has 1 aliphatic heterocycles. The van der Waals surface area contributed by atoms with E-state index in [1.165, 1.54) is 16.2 Å². The van der Waals surface area contributed by atoms with Gasteiger partial charge in [0.25, 0.3) is 5.56 Å². The summed E-state index contributed by atoms with van der Waals surface area (Å²) in [7, 11) is 1.65. The number of hydrogen-bond acceptors (Lipinski definition) is 6. The van der Waals surface area contributed by atoms with Crippen molar-refractivity contribution in [3.8, 4) is 11.3 Å². The lowest BCUT2D eigenvalue weighted by Gasteiger charge is -2.32. The van der Waals surface area contributed by atoms with E-state index < -0.39 is 5.82 Å². The molecule has 3 aromatic heterocycles. The predicted octanol–water partition coefficient (Wildman–Crippen LogP) is 4.05. The first kappa shape index (κ1) is 21.2. The number of fused-ring (bicyclic) bond motifs is 2. The van der Waals surface area contributed by atoms with E-state index in [2.05, 4.69) is 25.9 Å². The van der Waals surface area contributed by atoms with Gasteiger partial charge in [-0.2, -0.15) is 0 Å². The lowest BCUT2D eigenvalue weighted by Crippen LogP contribution is -2.38. The van der Waals surface area contributed by atoms with Crippen LogP contribution in [-0.2, 0) is 12.5 Å². The van der Waals surface area contributed by atoms with Crippen molar-refractivity contribution in [2.24, 2.45) is 13.0 Å². The molecule has 0 spiro atoms. The van der Waals surface area contributed by atoms with Crippen LogP contribution in [0, 0.1) is 18.7 Å². The molecule has 7 nitrogen and oxygen atoms in total. The van der Waals surface area contributed by atoms with Gasteiger partial charge in [-0.25, -0.2) is 19.3 Å². The van der Waals surface area contributed by atoms with Crippen LogP contribution in [0.5, 0.6) is 0 Å². The molecular formula is C25H22ClFN6O. The van der Waals surface area contributed by atoms with Crippen LogP contribution in [0.15, 0.2) is 47.5 Å². The molecule has 9 heteroatoms. The average Bonchev–Trinajstić information content (AvgIpc) is 3.58. The van der Waals surface area contributed by atoms with Crippen molar-refractivity contribution in [2.75, 3.05) is 18.0 Å². The van der Waals surface area contributed by atoms with Crippen LogP contribution in [0.2, 0.25) is 5.02 Å². The molecule has 4 heterocycles. The SMILES string of the molecule is Cc1nc2c(-c3ccc(Cl)cc3F)nc(N3CCC4(c5cccnc5)CC4C3)nc2c(=O)n1C. The highest BCUT2D eigenvalue weighted by atomic mass is 35.5. The van der Waals surface area contributed by atoms with Crippen molar-refractivity contribution >= 4 is 28.6 Å². The Bertz CT molecular complexity index is 1510. The third-order valence-electron chi connectivity index (χ3n) is 7.34. The van der Waals surface area contributed by atoms with Gasteiger partial charge in [0.1, 0.15) is 22.9 Å². The molecule has 1 aliphatic carbocycles. The Kier molecular flexibility index (Phi) is 4.71. The maximum Gasteiger partial charge on any atom is 0.279 e. The number of benzene rings is 1. The fraction of sp³-hybridized carbons (Fsp3) is 0.320. The number of halogens is 2. The van der Waals surface area contributed by atoms with Gasteiger partial charge in [0.2, 0.25) is 5.95 Å². The summed E-state index contributed by atoms with van der Waals surface area (Å²) < 4.78 is 16.4. The third-order valence-corrected chi connectivity index (χ3v) is 7.58. The Morgan fingerprint density at radius 2 is 2.03 bits per heavy atom. The van der Waals surface area contributed by atoms with E-state index in [0.29, 0.717) is 28.9 Å². The highest BCUT2D eigenvalue weighted by molar-refractivity contribution is 6.30. The Balaban J connectivity index is 1.46. The molecule has 0 bridgehead atoms. The van der Waals surface area contributed by atoms with Gasteiger partial charge in [0.15, 0.2) is 5.52 Å². The van der Waals surface area contributed by atoms with Crippen LogP contribution in [0.1, 0.15) is 24.2 Å². The van der Waals surface area contributed by atoms with Gasteiger partial charge in [-0.3, -0.25) is 14.3 Å². The Hall–Kier alpha value is -3.39. The number of hydrogen-bond donors (Lipinski definition) is 0. The summed E-state index contributed by atoms with van der Waals surface area (Å²) in [6, 6.07) is 8.55. The van der Waals surface area contributed by atoms with Gasteiger partial charge in [-0.15, -0.1) is 0 Å². The summed E-state index contributed by atoms with van der Waals surface area (Å²) in [5, 5.41) is 0.288. The molecule has 2 aliphatic rings. The van der Waals surface area contributed by atoms with E-state index in [1.807, 2.05) is 12.3 Å². The van der Waals surface area contributed by atoms with E-state index in [-0.39, 0.29) is 27.1 Å². The highest BCUT2D eigenvalue weighted by Crippen LogP contribution is 2.59. The molecule has 0 N–H and O–H groups in total. The van der Waals surface area contributed by atoms with E-state index in [1.54, 1.807) is 32.3 Å². The van der Waals surface area contributed by atoms with Crippen LogP contribution in [0.3, 0.4) is 0 Å². The zero-order chi connectivity index (χ0) is 23.6. The molecule has 6 rings (SSSR count). The molecule has 1 saturated heterocycles. The van der Waals surface area contributed by atoms with E-state index >= 15 is 0 Å². The number of aryl methyl sites for hydroxylation is 1. The van der Waals surface area contributed by atoms with Crippen molar-refractivity contribution < 1.29 is 4.39 Å². The summed E-state index contributed by atoms with van der Waals surface area (Å²) in [4.78, 5) is 33.5. The second-order valence-corrected chi connectivity index (χ2v) is 9.65. The van der Waals surface area contributed by atoms with Crippen molar-refractivity contribution in [3.05, 3.63) is 75.3 Å². The van der Waals surface area contributed by atoms with Crippen molar-refractivity contribution in [3.63, 3.8) is 0 Å². The van der Waals surface area contributed by atoms with Crippen LogP contribution >= 0.6 is 11.6 Å². The van der Waals surface area contributed by atoms with Crippen LogP contribution in [0.4, 0.5) is 10.3 Å². The number of anilines is 1. The molecule has 0 radical (unpaired) electrons. The number of piperidine rings is 1. The summed E-state index contributed by atoms with van der Waals surface area (Å²) in [6.45, 7) is 3.23. The minimum absolute atomic E-state index is 0.154. The number of rotatable bonds is 3. The molecule has 172 valence electrons. The van der Waals surface area contributed by atoms with Crippen LogP contribution < -0.4 is 10.5 Å². The number of pyridine rings is 1. The first-order chi connectivity index (χ1) is 16.4. The predicted molar refractivity (Wildman–Crippen MR) is 129 cm³/mol. The van der Waals surface area contributed by atoms with Gasteiger partial charge >= 0.3 is 0 Å². The maximum atomic E-state index is 14.9.